The lowest BCUT2D eigenvalue weighted by atomic mass is 9.97. The third kappa shape index (κ3) is 5.10. The second-order valence-electron chi connectivity index (χ2n) is 7.83. The number of aromatic nitrogens is 1. The third-order valence-corrected chi connectivity index (χ3v) is 5.48. The number of aryl methyl sites for hydroxylation is 2. The number of carbonyl (C=O) groups is 1. The van der Waals surface area contributed by atoms with Crippen molar-refractivity contribution in [3.63, 3.8) is 0 Å². The molecule has 4 heteroatoms. The van der Waals surface area contributed by atoms with Crippen LogP contribution in [0.4, 0.5) is 5.82 Å². The van der Waals surface area contributed by atoms with Gasteiger partial charge in [0, 0.05) is 12.4 Å². The van der Waals surface area contributed by atoms with E-state index in [1.165, 1.54) is 11.1 Å². The number of rotatable bonds is 8. The Morgan fingerprint density at radius 2 is 1.55 bits per heavy atom. The Bertz CT molecular complexity index is 1170. The summed E-state index contributed by atoms with van der Waals surface area (Å²) in [7, 11) is 1.76. The molecule has 1 heterocycles. The van der Waals surface area contributed by atoms with Gasteiger partial charge in [-0.15, -0.1) is 0 Å². The van der Waals surface area contributed by atoms with Crippen LogP contribution < -0.4 is 4.90 Å². The lowest BCUT2D eigenvalue weighted by molar-refractivity contribution is -0.135. The second-order valence-corrected chi connectivity index (χ2v) is 7.83. The van der Waals surface area contributed by atoms with E-state index in [2.05, 4.69) is 54.6 Å². The summed E-state index contributed by atoms with van der Waals surface area (Å²) in [4.78, 5) is 17.6. The highest BCUT2D eigenvalue weighted by Crippen LogP contribution is 2.32. The van der Waals surface area contributed by atoms with Crippen molar-refractivity contribution < 1.29 is 9.90 Å². The molecular formula is C27H26N2O2. The molecule has 1 N–H and O–H groups in total. The predicted octanol–water partition coefficient (Wildman–Crippen LogP) is 5.60. The maximum atomic E-state index is 11.2. The maximum absolute atomic E-state index is 11.2. The molecule has 0 spiro atoms. The van der Waals surface area contributed by atoms with E-state index in [-0.39, 0.29) is 6.54 Å². The summed E-state index contributed by atoms with van der Waals surface area (Å²) in [5.41, 5.74) is 5.69. The topological polar surface area (TPSA) is 53.4 Å². The first-order valence-corrected chi connectivity index (χ1v) is 10.6. The monoisotopic (exact) mass is 410 g/mol. The molecule has 31 heavy (non-hydrogen) atoms. The average Bonchev–Trinajstić information content (AvgIpc) is 2.79. The van der Waals surface area contributed by atoms with Crippen molar-refractivity contribution in [2.45, 2.75) is 19.3 Å². The summed E-state index contributed by atoms with van der Waals surface area (Å²) in [5.74, 6) is -0.218. The third-order valence-electron chi connectivity index (χ3n) is 5.48. The van der Waals surface area contributed by atoms with Crippen LogP contribution >= 0.6 is 0 Å². The van der Waals surface area contributed by atoms with Crippen molar-refractivity contribution in [1.82, 2.24) is 4.98 Å². The largest absolute Gasteiger partial charge is 0.480 e. The lowest BCUT2D eigenvalue weighted by Gasteiger charge is -2.18. The molecule has 0 saturated carbocycles. The summed E-state index contributed by atoms with van der Waals surface area (Å²) in [6.45, 7) is -0.0930. The van der Waals surface area contributed by atoms with Crippen LogP contribution in [0.25, 0.3) is 22.0 Å². The first-order valence-electron chi connectivity index (χ1n) is 10.6. The molecule has 4 nitrogen and oxygen atoms in total. The fourth-order valence-electron chi connectivity index (χ4n) is 3.89. The Balaban J connectivity index is 1.67. The molecule has 0 saturated heterocycles. The van der Waals surface area contributed by atoms with Crippen molar-refractivity contribution in [1.29, 1.82) is 0 Å². The molecule has 4 rings (SSSR count). The smallest absolute Gasteiger partial charge is 0.323 e. The molecule has 0 amide bonds. The minimum atomic E-state index is -0.876. The summed E-state index contributed by atoms with van der Waals surface area (Å²) < 4.78 is 0. The molecule has 156 valence electrons. The van der Waals surface area contributed by atoms with Crippen LogP contribution in [0.5, 0.6) is 0 Å². The van der Waals surface area contributed by atoms with E-state index in [9.17, 15) is 9.90 Å². The molecule has 4 aromatic rings. The molecule has 0 aliphatic rings. The van der Waals surface area contributed by atoms with Gasteiger partial charge >= 0.3 is 5.97 Å². The zero-order chi connectivity index (χ0) is 21.6. The van der Waals surface area contributed by atoms with E-state index in [1.807, 2.05) is 30.3 Å². The second kappa shape index (κ2) is 9.43. The fourth-order valence-corrected chi connectivity index (χ4v) is 3.89. The van der Waals surface area contributed by atoms with Gasteiger partial charge in [-0.1, -0.05) is 66.7 Å². The van der Waals surface area contributed by atoms with Gasteiger partial charge in [-0.3, -0.25) is 4.79 Å². The minimum absolute atomic E-state index is 0.0930. The number of hydrogen-bond donors (Lipinski definition) is 1. The van der Waals surface area contributed by atoms with Crippen LogP contribution in [0.2, 0.25) is 0 Å². The van der Waals surface area contributed by atoms with E-state index >= 15 is 0 Å². The van der Waals surface area contributed by atoms with Gasteiger partial charge in [-0.05, 0) is 59.7 Å². The standard InChI is InChI=1S/C27H26N2O2/c1-29(19-27(30)31)26-18-23(22-13-6-3-7-14-22)24-17-21(15-16-25(24)28-26)12-8-11-20-9-4-2-5-10-20/h2-7,9-10,13-18H,8,11-12,19H2,1H3,(H,30,31). The highest BCUT2D eigenvalue weighted by atomic mass is 16.4. The van der Waals surface area contributed by atoms with E-state index in [4.69, 9.17) is 4.98 Å². The highest BCUT2D eigenvalue weighted by molar-refractivity contribution is 5.96. The van der Waals surface area contributed by atoms with Gasteiger partial charge in [0.2, 0.25) is 0 Å². The number of benzene rings is 3. The van der Waals surface area contributed by atoms with Crippen molar-refractivity contribution in [3.8, 4) is 11.1 Å². The number of carboxylic acids is 1. The first-order chi connectivity index (χ1) is 15.1. The van der Waals surface area contributed by atoms with Crippen molar-refractivity contribution in [2.75, 3.05) is 18.5 Å². The Kier molecular flexibility index (Phi) is 6.27. The molecule has 0 aliphatic heterocycles. The number of aliphatic carboxylic acids is 1. The quantitative estimate of drug-likeness (QED) is 0.411. The Morgan fingerprint density at radius 1 is 0.871 bits per heavy atom. The molecule has 3 aromatic carbocycles. The normalized spacial score (nSPS) is 10.9. The molecule has 0 atom stereocenters. The zero-order valence-electron chi connectivity index (χ0n) is 17.7. The van der Waals surface area contributed by atoms with Crippen LogP contribution in [0.15, 0.2) is 84.9 Å². The summed E-state index contributed by atoms with van der Waals surface area (Å²) in [6.07, 6.45) is 3.14. The average molecular weight is 411 g/mol. The lowest BCUT2D eigenvalue weighted by Crippen LogP contribution is -2.26. The number of fused-ring (bicyclic) bond motifs is 1. The maximum Gasteiger partial charge on any atom is 0.323 e. The minimum Gasteiger partial charge on any atom is -0.480 e. The van der Waals surface area contributed by atoms with E-state index in [1.54, 1.807) is 11.9 Å². The van der Waals surface area contributed by atoms with Crippen LogP contribution in [-0.2, 0) is 17.6 Å². The fraction of sp³-hybridized carbons (Fsp3) is 0.185. The first kappa shape index (κ1) is 20.6. The van der Waals surface area contributed by atoms with E-state index in [0.717, 1.165) is 41.3 Å². The molecule has 0 aliphatic carbocycles. The molecule has 0 fully saturated rings. The van der Waals surface area contributed by atoms with Gasteiger partial charge in [-0.25, -0.2) is 4.98 Å². The summed E-state index contributed by atoms with van der Waals surface area (Å²) in [5, 5.41) is 10.3. The predicted molar refractivity (Wildman–Crippen MR) is 127 cm³/mol. The molecule has 0 unspecified atom stereocenters. The van der Waals surface area contributed by atoms with Gasteiger partial charge in [0.25, 0.3) is 0 Å². The summed E-state index contributed by atoms with van der Waals surface area (Å²) in [6, 6.07) is 29.2. The van der Waals surface area contributed by atoms with Crippen LogP contribution in [0, 0.1) is 0 Å². The number of hydrogen-bond acceptors (Lipinski definition) is 3. The summed E-state index contributed by atoms with van der Waals surface area (Å²) >= 11 is 0. The Labute approximate surface area is 182 Å². The van der Waals surface area contributed by atoms with Gasteiger partial charge in [0.05, 0.1) is 5.52 Å². The molecule has 0 bridgehead atoms. The Hall–Kier alpha value is -3.66. The van der Waals surface area contributed by atoms with Crippen LogP contribution in [0.1, 0.15) is 17.5 Å². The number of likely N-dealkylation sites (N-methyl/N-ethyl adjacent to an activating group) is 1. The van der Waals surface area contributed by atoms with E-state index < -0.39 is 5.97 Å². The van der Waals surface area contributed by atoms with Gasteiger partial charge < -0.3 is 10.0 Å². The zero-order valence-corrected chi connectivity index (χ0v) is 17.7. The number of anilines is 1. The van der Waals surface area contributed by atoms with Crippen molar-refractivity contribution in [2.24, 2.45) is 0 Å². The molecule has 1 aromatic heterocycles. The van der Waals surface area contributed by atoms with Crippen LogP contribution in [-0.4, -0.2) is 29.7 Å². The van der Waals surface area contributed by atoms with Gasteiger partial charge in [0.15, 0.2) is 0 Å². The van der Waals surface area contributed by atoms with Gasteiger partial charge in [0.1, 0.15) is 12.4 Å². The van der Waals surface area contributed by atoms with E-state index in [0.29, 0.717) is 5.82 Å². The van der Waals surface area contributed by atoms with Gasteiger partial charge in [-0.2, -0.15) is 0 Å². The molecule has 0 radical (unpaired) electrons. The van der Waals surface area contributed by atoms with Crippen molar-refractivity contribution >= 4 is 22.7 Å². The highest BCUT2D eigenvalue weighted by Gasteiger charge is 2.13. The SMILES string of the molecule is CN(CC(=O)O)c1cc(-c2ccccc2)c2cc(CCCc3ccccc3)ccc2n1. The van der Waals surface area contributed by atoms with Crippen molar-refractivity contribution in [3.05, 3.63) is 96.1 Å². The molecular weight excluding hydrogens is 384 g/mol. The number of pyridine rings is 1. The number of nitrogens with zero attached hydrogens (tertiary/aromatic N) is 2. The number of carboxylic acid groups (broad SMARTS) is 1. The van der Waals surface area contributed by atoms with Crippen LogP contribution in [0.3, 0.4) is 0 Å². The Morgan fingerprint density at radius 3 is 2.26 bits per heavy atom.